The summed E-state index contributed by atoms with van der Waals surface area (Å²) in [6, 6.07) is 8.61. The van der Waals surface area contributed by atoms with E-state index in [-0.39, 0.29) is 0 Å². The molecule has 0 aromatic heterocycles. The van der Waals surface area contributed by atoms with Crippen LogP contribution in [-0.4, -0.2) is 12.6 Å². The van der Waals surface area contributed by atoms with Crippen molar-refractivity contribution in [3.05, 3.63) is 30.3 Å². The van der Waals surface area contributed by atoms with Crippen LogP contribution in [0.3, 0.4) is 0 Å². The molecule has 0 aliphatic rings. The molecular formula is C8H7FO3. The second-order valence-corrected chi connectivity index (χ2v) is 2.05. The van der Waals surface area contributed by atoms with Crippen molar-refractivity contribution < 1.29 is 19.0 Å². The highest BCUT2D eigenvalue weighted by Crippen LogP contribution is 2.07. The quantitative estimate of drug-likeness (QED) is 0.689. The first-order valence-electron chi connectivity index (χ1n) is 3.32. The third kappa shape index (κ3) is 2.57. The van der Waals surface area contributed by atoms with E-state index in [9.17, 15) is 9.32 Å². The van der Waals surface area contributed by atoms with Crippen LogP contribution in [-0.2, 0) is 9.74 Å². The minimum Gasteiger partial charge on any atom is -0.482 e. The summed E-state index contributed by atoms with van der Waals surface area (Å²) in [5, 5.41) is 0. The molecule has 0 radical (unpaired) electrons. The van der Waals surface area contributed by atoms with Crippen LogP contribution in [0.5, 0.6) is 5.75 Å². The van der Waals surface area contributed by atoms with Crippen LogP contribution in [0.4, 0.5) is 4.53 Å². The zero-order valence-corrected chi connectivity index (χ0v) is 6.20. The van der Waals surface area contributed by atoms with E-state index in [1.165, 1.54) is 0 Å². The summed E-state index contributed by atoms with van der Waals surface area (Å²) in [4.78, 5) is 13.2. The average Bonchev–Trinajstić information content (AvgIpc) is 2.16. The Kier molecular flexibility index (Phi) is 3.07. The van der Waals surface area contributed by atoms with Crippen LogP contribution in [0.1, 0.15) is 0 Å². The van der Waals surface area contributed by atoms with Crippen molar-refractivity contribution in [3.63, 3.8) is 0 Å². The molecule has 0 aliphatic heterocycles. The van der Waals surface area contributed by atoms with Gasteiger partial charge >= 0.3 is 5.97 Å². The lowest BCUT2D eigenvalue weighted by Gasteiger charge is -2.00. The highest BCUT2D eigenvalue weighted by molar-refractivity contribution is 5.70. The zero-order chi connectivity index (χ0) is 8.81. The average molecular weight is 170 g/mol. The van der Waals surface area contributed by atoms with Crippen molar-refractivity contribution in [2.75, 3.05) is 6.61 Å². The van der Waals surface area contributed by atoms with E-state index in [1.54, 1.807) is 30.3 Å². The third-order valence-corrected chi connectivity index (χ3v) is 1.19. The molecule has 0 unspecified atom stereocenters. The number of halogens is 1. The molecule has 0 N–H and O–H groups in total. The third-order valence-electron chi connectivity index (χ3n) is 1.19. The predicted molar refractivity (Wildman–Crippen MR) is 39.1 cm³/mol. The van der Waals surface area contributed by atoms with Gasteiger partial charge in [0, 0.05) is 4.53 Å². The van der Waals surface area contributed by atoms with Gasteiger partial charge in [-0.2, -0.15) is 0 Å². The van der Waals surface area contributed by atoms with Gasteiger partial charge in [-0.1, -0.05) is 18.2 Å². The Labute approximate surface area is 68.6 Å². The number of rotatable bonds is 3. The van der Waals surface area contributed by atoms with Gasteiger partial charge < -0.3 is 4.74 Å². The van der Waals surface area contributed by atoms with Crippen LogP contribution < -0.4 is 4.74 Å². The SMILES string of the molecule is O=C(COc1ccccc1)OF. The minimum atomic E-state index is -1.04. The molecule has 0 amide bonds. The molecule has 1 aromatic rings. The lowest BCUT2D eigenvalue weighted by atomic mass is 10.3. The van der Waals surface area contributed by atoms with Crippen molar-refractivity contribution in [3.8, 4) is 5.75 Å². The molecule has 1 rings (SSSR count). The standard InChI is InChI=1S/C8H7FO3/c9-12-8(10)6-11-7-4-2-1-3-5-7/h1-5H,6H2. The number of hydrogen-bond donors (Lipinski definition) is 0. The number of carbonyl (C=O) groups is 1. The Morgan fingerprint density at radius 2 is 2.00 bits per heavy atom. The van der Waals surface area contributed by atoms with E-state index in [2.05, 4.69) is 4.94 Å². The molecule has 12 heavy (non-hydrogen) atoms. The van der Waals surface area contributed by atoms with Gasteiger partial charge in [0.2, 0.25) is 0 Å². The van der Waals surface area contributed by atoms with E-state index >= 15 is 0 Å². The van der Waals surface area contributed by atoms with Gasteiger partial charge in [-0.25, -0.2) is 4.79 Å². The molecule has 0 spiro atoms. The molecule has 4 heteroatoms. The summed E-state index contributed by atoms with van der Waals surface area (Å²) >= 11 is 0. The normalized spacial score (nSPS) is 9.08. The maximum absolute atomic E-state index is 11.2. The fourth-order valence-electron chi connectivity index (χ4n) is 0.681. The Balaban J connectivity index is 2.38. The number of benzene rings is 1. The van der Waals surface area contributed by atoms with Crippen LogP contribution in [0.25, 0.3) is 0 Å². The van der Waals surface area contributed by atoms with Crippen LogP contribution >= 0.6 is 0 Å². The largest absolute Gasteiger partial charge is 0.482 e. The van der Waals surface area contributed by atoms with Crippen LogP contribution in [0, 0.1) is 0 Å². The molecule has 0 fully saturated rings. The number of carbonyl (C=O) groups excluding carboxylic acids is 1. The van der Waals surface area contributed by atoms with Crippen LogP contribution in [0.2, 0.25) is 0 Å². The van der Waals surface area contributed by atoms with Crippen molar-refractivity contribution in [2.45, 2.75) is 0 Å². The van der Waals surface area contributed by atoms with E-state index in [0.717, 1.165) is 0 Å². The summed E-state index contributed by atoms with van der Waals surface area (Å²) in [5.41, 5.74) is 0. The molecule has 0 aliphatic carbocycles. The first kappa shape index (κ1) is 8.52. The molecule has 0 saturated heterocycles. The second-order valence-electron chi connectivity index (χ2n) is 2.05. The van der Waals surface area contributed by atoms with Crippen molar-refractivity contribution >= 4 is 5.97 Å². The van der Waals surface area contributed by atoms with Gasteiger partial charge in [0.15, 0.2) is 6.61 Å². The Hall–Kier alpha value is -1.58. The van der Waals surface area contributed by atoms with Crippen LogP contribution in [0.15, 0.2) is 30.3 Å². The molecule has 64 valence electrons. The maximum atomic E-state index is 11.2. The van der Waals surface area contributed by atoms with Gasteiger partial charge in [-0.15, -0.1) is 0 Å². The summed E-state index contributed by atoms with van der Waals surface area (Å²) in [7, 11) is 0. The molecule has 1 aromatic carbocycles. The van der Waals surface area contributed by atoms with Gasteiger partial charge in [0.25, 0.3) is 0 Å². The van der Waals surface area contributed by atoms with Crippen molar-refractivity contribution in [2.24, 2.45) is 0 Å². The van der Waals surface area contributed by atoms with Gasteiger partial charge in [0.05, 0.1) is 0 Å². The molecule has 0 saturated carbocycles. The molecule has 0 bridgehead atoms. The van der Waals surface area contributed by atoms with E-state index in [4.69, 9.17) is 4.74 Å². The van der Waals surface area contributed by atoms with Crippen molar-refractivity contribution in [1.29, 1.82) is 0 Å². The highest BCUT2D eigenvalue weighted by Gasteiger charge is 2.02. The summed E-state index contributed by atoms with van der Waals surface area (Å²) in [5.74, 6) is -0.540. The van der Waals surface area contributed by atoms with Crippen molar-refractivity contribution in [1.82, 2.24) is 0 Å². The minimum absolute atomic E-state index is 0.416. The Bertz CT molecular complexity index is 248. The summed E-state index contributed by atoms with van der Waals surface area (Å²) < 4.78 is 16.0. The Morgan fingerprint density at radius 3 is 2.58 bits per heavy atom. The van der Waals surface area contributed by atoms with E-state index in [1.807, 2.05) is 0 Å². The summed E-state index contributed by atoms with van der Waals surface area (Å²) in [6.07, 6.45) is 0. The lowest BCUT2D eigenvalue weighted by molar-refractivity contribution is -0.185. The second kappa shape index (κ2) is 4.33. The van der Waals surface area contributed by atoms with E-state index < -0.39 is 12.6 Å². The topological polar surface area (TPSA) is 35.5 Å². The monoisotopic (exact) mass is 170 g/mol. The number of hydrogen-bond acceptors (Lipinski definition) is 3. The predicted octanol–water partition coefficient (Wildman–Crippen LogP) is 1.49. The molecule has 0 heterocycles. The highest BCUT2D eigenvalue weighted by atomic mass is 19.3. The number of ether oxygens (including phenoxy) is 1. The fourth-order valence-corrected chi connectivity index (χ4v) is 0.681. The smallest absolute Gasteiger partial charge is 0.385 e. The Morgan fingerprint density at radius 1 is 1.33 bits per heavy atom. The van der Waals surface area contributed by atoms with Gasteiger partial charge in [-0.3, -0.25) is 4.94 Å². The lowest BCUT2D eigenvalue weighted by Crippen LogP contribution is -2.10. The first-order valence-corrected chi connectivity index (χ1v) is 3.32. The fraction of sp³-hybridized carbons (Fsp3) is 0.125. The number of para-hydroxylation sites is 1. The molecule has 3 nitrogen and oxygen atoms in total. The summed E-state index contributed by atoms with van der Waals surface area (Å²) in [6.45, 7) is -0.416. The first-order chi connectivity index (χ1) is 5.83. The zero-order valence-electron chi connectivity index (χ0n) is 6.20. The van der Waals surface area contributed by atoms with E-state index in [0.29, 0.717) is 5.75 Å². The van der Waals surface area contributed by atoms with Gasteiger partial charge in [0.1, 0.15) is 5.75 Å². The molecular weight excluding hydrogens is 163 g/mol. The maximum Gasteiger partial charge on any atom is 0.385 e. The molecule has 0 atom stereocenters. The van der Waals surface area contributed by atoms with Gasteiger partial charge in [-0.05, 0) is 12.1 Å².